The van der Waals surface area contributed by atoms with E-state index in [0.717, 1.165) is 53.9 Å². The summed E-state index contributed by atoms with van der Waals surface area (Å²) < 4.78 is 7.81. The first-order valence-electron chi connectivity index (χ1n) is 10.6. The summed E-state index contributed by atoms with van der Waals surface area (Å²) in [4.78, 5) is 7.24. The van der Waals surface area contributed by atoms with E-state index in [9.17, 15) is 0 Å². The van der Waals surface area contributed by atoms with Crippen LogP contribution in [0.5, 0.6) is 0 Å². The van der Waals surface area contributed by atoms with Crippen LogP contribution >= 0.6 is 0 Å². The number of benzene rings is 2. The third-order valence-electron chi connectivity index (χ3n) is 6.12. The van der Waals surface area contributed by atoms with Gasteiger partial charge in [0.25, 0.3) is 0 Å². The van der Waals surface area contributed by atoms with Gasteiger partial charge in [-0.15, -0.1) is 0 Å². The van der Waals surface area contributed by atoms with Crippen molar-refractivity contribution in [2.24, 2.45) is 10.9 Å². The molecule has 1 aromatic heterocycles. The molecule has 5 rings (SSSR count). The minimum atomic E-state index is 0.645. The van der Waals surface area contributed by atoms with Crippen LogP contribution in [-0.2, 0) is 11.3 Å². The number of aliphatic imine (C=N–C) groups is 1. The Hall–Kier alpha value is -3.21. The summed E-state index contributed by atoms with van der Waals surface area (Å²) in [6, 6.07) is 15.0. The summed E-state index contributed by atoms with van der Waals surface area (Å²) in [5, 5.41) is 4.77. The Morgan fingerprint density at radius 1 is 1.27 bits per heavy atom. The van der Waals surface area contributed by atoms with Gasteiger partial charge in [-0.05, 0) is 43.0 Å². The number of aromatic nitrogens is 1. The standard InChI is InChI=1S/C25H28N4O/c1-17(30-3)20-13-22-25(28(2)11-10-26-22)23(14-20)27-15-21-12-19-6-4-5-7-24(19)29(21)16-18-8-9-18/h4-7,12-15,18,26H,1,8-11,16H2,2-3H3. The van der Waals surface area contributed by atoms with E-state index in [1.54, 1.807) is 7.11 Å². The largest absolute Gasteiger partial charge is 0.497 e. The van der Waals surface area contributed by atoms with Crippen LogP contribution in [0.25, 0.3) is 16.7 Å². The molecule has 154 valence electrons. The van der Waals surface area contributed by atoms with Crippen molar-refractivity contribution in [3.8, 4) is 0 Å². The van der Waals surface area contributed by atoms with Crippen LogP contribution in [0.15, 0.2) is 54.0 Å². The molecular weight excluding hydrogens is 372 g/mol. The Balaban J connectivity index is 1.59. The van der Waals surface area contributed by atoms with E-state index in [2.05, 4.69) is 70.9 Å². The third kappa shape index (κ3) is 3.45. The fraction of sp³-hybridized carbons (Fsp3) is 0.320. The van der Waals surface area contributed by atoms with Gasteiger partial charge in [0.15, 0.2) is 0 Å². The van der Waals surface area contributed by atoms with Crippen LogP contribution in [0.2, 0.25) is 0 Å². The first-order chi connectivity index (χ1) is 14.6. The molecule has 1 N–H and O–H groups in total. The number of nitrogens with zero attached hydrogens (tertiary/aromatic N) is 3. The zero-order valence-corrected chi connectivity index (χ0v) is 17.7. The van der Waals surface area contributed by atoms with Gasteiger partial charge in [-0.2, -0.15) is 0 Å². The molecule has 1 aliphatic carbocycles. The second-order valence-electron chi connectivity index (χ2n) is 8.31. The summed E-state index contributed by atoms with van der Waals surface area (Å²) >= 11 is 0. The van der Waals surface area contributed by atoms with E-state index in [-0.39, 0.29) is 0 Å². The molecule has 5 heteroatoms. The third-order valence-corrected chi connectivity index (χ3v) is 6.12. The number of fused-ring (bicyclic) bond motifs is 2. The summed E-state index contributed by atoms with van der Waals surface area (Å²) in [6.07, 6.45) is 4.67. The molecule has 0 amide bonds. The molecule has 2 heterocycles. The minimum Gasteiger partial charge on any atom is -0.497 e. The highest BCUT2D eigenvalue weighted by Crippen LogP contribution is 2.40. The molecular formula is C25H28N4O. The number of hydrogen-bond acceptors (Lipinski definition) is 4. The molecule has 2 aliphatic rings. The van der Waals surface area contributed by atoms with Crippen LogP contribution in [0, 0.1) is 5.92 Å². The highest BCUT2D eigenvalue weighted by molar-refractivity contribution is 5.94. The molecule has 0 saturated heterocycles. The number of hydrogen-bond donors (Lipinski definition) is 1. The van der Waals surface area contributed by atoms with Crippen LogP contribution < -0.4 is 10.2 Å². The van der Waals surface area contributed by atoms with Gasteiger partial charge in [0.05, 0.1) is 36.1 Å². The normalized spacial score (nSPS) is 16.0. The van der Waals surface area contributed by atoms with Crippen molar-refractivity contribution in [3.05, 3.63) is 60.3 Å². The van der Waals surface area contributed by atoms with Crippen molar-refractivity contribution >= 4 is 39.9 Å². The lowest BCUT2D eigenvalue weighted by atomic mass is 10.1. The predicted octanol–water partition coefficient (Wildman–Crippen LogP) is 5.28. The Morgan fingerprint density at radius 2 is 2.10 bits per heavy atom. The molecule has 0 spiro atoms. The monoisotopic (exact) mass is 400 g/mol. The minimum absolute atomic E-state index is 0.645. The molecule has 0 radical (unpaired) electrons. The van der Waals surface area contributed by atoms with Crippen molar-refractivity contribution in [3.63, 3.8) is 0 Å². The molecule has 5 nitrogen and oxygen atoms in total. The maximum absolute atomic E-state index is 5.39. The summed E-state index contributed by atoms with van der Waals surface area (Å²) in [6.45, 7) is 6.95. The summed E-state index contributed by atoms with van der Waals surface area (Å²) in [5.74, 6) is 1.44. The van der Waals surface area contributed by atoms with Gasteiger partial charge < -0.3 is 19.5 Å². The van der Waals surface area contributed by atoms with Gasteiger partial charge in [-0.1, -0.05) is 24.8 Å². The smallest absolute Gasteiger partial charge is 0.119 e. The second kappa shape index (κ2) is 7.56. The molecule has 0 bridgehead atoms. The zero-order valence-electron chi connectivity index (χ0n) is 17.7. The number of rotatable bonds is 6. The van der Waals surface area contributed by atoms with E-state index in [4.69, 9.17) is 9.73 Å². The van der Waals surface area contributed by atoms with Crippen molar-refractivity contribution < 1.29 is 4.74 Å². The lowest BCUT2D eigenvalue weighted by Gasteiger charge is -2.30. The van der Waals surface area contributed by atoms with Crippen LogP contribution in [0.4, 0.5) is 17.1 Å². The van der Waals surface area contributed by atoms with E-state index < -0.39 is 0 Å². The van der Waals surface area contributed by atoms with Crippen molar-refractivity contribution in [2.75, 3.05) is 37.5 Å². The number of methoxy groups -OCH3 is 1. The molecule has 0 atom stereocenters. The van der Waals surface area contributed by atoms with E-state index >= 15 is 0 Å². The average Bonchev–Trinajstić information content (AvgIpc) is 3.52. The lowest BCUT2D eigenvalue weighted by Crippen LogP contribution is -2.30. The Bertz CT molecular complexity index is 1140. The number of para-hydroxylation sites is 1. The van der Waals surface area contributed by atoms with E-state index in [0.29, 0.717) is 5.76 Å². The fourth-order valence-electron chi connectivity index (χ4n) is 4.24. The van der Waals surface area contributed by atoms with Gasteiger partial charge in [-0.25, -0.2) is 0 Å². The summed E-state index contributed by atoms with van der Waals surface area (Å²) in [5.41, 5.74) is 6.51. The maximum atomic E-state index is 5.39. The molecule has 0 unspecified atom stereocenters. The Labute approximate surface area is 177 Å². The number of ether oxygens (including phenoxy) is 1. The van der Waals surface area contributed by atoms with Gasteiger partial charge in [0, 0.05) is 43.1 Å². The van der Waals surface area contributed by atoms with Crippen molar-refractivity contribution in [1.82, 2.24) is 4.57 Å². The first kappa shape index (κ1) is 18.8. The Morgan fingerprint density at radius 3 is 2.90 bits per heavy atom. The van der Waals surface area contributed by atoms with E-state index in [1.165, 1.54) is 23.7 Å². The second-order valence-corrected chi connectivity index (χ2v) is 8.31. The van der Waals surface area contributed by atoms with Gasteiger partial charge in [0.2, 0.25) is 0 Å². The van der Waals surface area contributed by atoms with E-state index in [1.807, 2.05) is 6.21 Å². The summed E-state index contributed by atoms with van der Waals surface area (Å²) in [7, 11) is 3.77. The van der Waals surface area contributed by atoms with Gasteiger partial charge in [-0.3, -0.25) is 4.99 Å². The quantitative estimate of drug-likeness (QED) is 0.452. The van der Waals surface area contributed by atoms with Crippen molar-refractivity contribution in [1.29, 1.82) is 0 Å². The molecule has 1 fully saturated rings. The van der Waals surface area contributed by atoms with Gasteiger partial charge in [0.1, 0.15) is 5.76 Å². The van der Waals surface area contributed by atoms with Crippen molar-refractivity contribution in [2.45, 2.75) is 19.4 Å². The molecule has 1 saturated carbocycles. The molecule has 1 aliphatic heterocycles. The van der Waals surface area contributed by atoms with Gasteiger partial charge >= 0.3 is 0 Å². The molecule has 30 heavy (non-hydrogen) atoms. The number of likely N-dealkylation sites (N-methyl/N-ethyl adjacent to an activating group) is 1. The van der Waals surface area contributed by atoms with Crippen LogP contribution in [0.1, 0.15) is 24.1 Å². The molecule has 2 aromatic carbocycles. The SMILES string of the molecule is C=C(OC)c1cc(N=Cc2cc3ccccc3n2CC2CC2)c2c(c1)NCCN2C. The van der Waals surface area contributed by atoms with Crippen LogP contribution in [-0.4, -0.2) is 38.0 Å². The first-order valence-corrected chi connectivity index (χ1v) is 10.6. The number of nitrogens with one attached hydrogen (secondary N) is 1. The fourth-order valence-corrected chi connectivity index (χ4v) is 4.24. The average molecular weight is 401 g/mol. The topological polar surface area (TPSA) is 41.8 Å². The predicted molar refractivity (Wildman–Crippen MR) is 126 cm³/mol. The number of anilines is 2. The van der Waals surface area contributed by atoms with Crippen LogP contribution in [0.3, 0.4) is 0 Å². The maximum Gasteiger partial charge on any atom is 0.119 e. The highest BCUT2D eigenvalue weighted by atomic mass is 16.5. The lowest BCUT2D eigenvalue weighted by molar-refractivity contribution is 0.371. The molecule has 3 aromatic rings. The highest BCUT2D eigenvalue weighted by Gasteiger charge is 2.24. The Kier molecular flexibility index (Phi) is 4.74. The zero-order chi connectivity index (χ0) is 20.7.